The standard InChI is InChI=1S/C23H29N5O3/c1-3-16-6-4-5-10-27(16)13-18-8-7-17(31-18)12-25-22(29)19-15(2)30-23-20(19)21-24-9-11-28(21)14-26-23/h7-8,14,16H,3-6,9-13H2,1-2H3,(H,25,29)/t16-/m0/s1. The highest BCUT2D eigenvalue weighted by atomic mass is 16.4. The largest absolute Gasteiger partial charge is 0.463 e. The number of aliphatic imine (C=N–C) groups is 2. The Morgan fingerprint density at radius 3 is 2.97 bits per heavy atom. The lowest BCUT2D eigenvalue weighted by atomic mass is 10.00. The van der Waals surface area contributed by atoms with Crippen LogP contribution in [0, 0.1) is 6.92 Å². The van der Waals surface area contributed by atoms with E-state index in [-0.39, 0.29) is 5.91 Å². The summed E-state index contributed by atoms with van der Waals surface area (Å²) in [6.45, 7) is 7.79. The minimum atomic E-state index is -0.200. The number of aryl methyl sites for hydroxylation is 1. The second kappa shape index (κ2) is 8.34. The Hall–Kier alpha value is -2.87. The number of likely N-dealkylation sites (tertiary alicyclic amines) is 1. The first-order valence-corrected chi connectivity index (χ1v) is 11.2. The molecule has 0 aromatic carbocycles. The lowest BCUT2D eigenvalue weighted by molar-refractivity contribution is 0.0945. The molecule has 1 atom stereocenters. The van der Waals surface area contributed by atoms with E-state index in [0.29, 0.717) is 41.9 Å². The first-order chi connectivity index (χ1) is 15.1. The molecule has 0 spiro atoms. The molecule has 8 heteroatoms. The van der Waals surface area contributed by atoms with Crippen molar-refractivity contribution in [1.82, 2.24) is 15.1 Å². The van der Waals surface area contributed by atoms with Gasteiger partial charge in [0.2, 0.25) is 5.88 Å². The number of carbonyl (C=O) groups excluding carboxylic acids is 1. The van der Waals surface area contributed by atoms with Gasteiger partial charge in [-0.05, 0) is 44.9 Å². The third-order valence-corrected chi connectivity index (χ3v) is 6.42. The monoisotopic (exact) mass is 423 g/mol. The van der Waals surface area contributed by atoms with E-state index in [1.54, 1.807) is 13.3 Å². The fourth-order valence-electron chi connectivity index (χ4n) is 4.81. The second-order valence-corrected chi connectivity index (χ2v) is 8.44. The number of amides is 1. The predicted octanol–water partition coefficient (Wildman–Crippen LogP) is 3.61. The predicted molar refractivity (Wildman–Crippen MR) is 118 cm³/mol. The van der Waals surface area contributed by atoms with Crippen LogP contribution >= 0.6 is 0 Å². The summed E-state index contributed by atoms with van der Waals surface area (Å²) in [7, 11) is 0. The van der Waals surface area contributed by atoms with E-state index in [0.717, 1.165) is 37.0 Å². The summed E-state index contributed by atoms with van der Waals surface area (Å²) < 4.78 is 11.8. The van der Waals surface area contributed by atoms with Crippen molar-refractivity contribution in [1.29, 1.82) is 0 Å². The second-order valence-electron chi connectivity index (χ2n) is 8.44. The molecule has 1 saturated heterocycles. The Bertz CT molecular complexity index is 1030. The molecule has 164 valence electrons. The Morgan fingerprint density at radius 1 is 1.23 bits per heavy atom. The Labute approximate surface area is 182 Å². The molecule has 0 bridgehead atoms. The van der Waals surface area contributed by atoms with Gasteiger partial charge in [0.15, 0.2) is 0 Å². The Kier molecular flexibility index (Phi) is 5.40. The molecular weight excluding hydrogens is 394 g/mol. The summed E-state index contributed by atoms with van der Waals surface area (Å²) in [4.78, 5) is 26.4. The van der Waals surface area contributed by atoms with Crippen LogP contribution in [0.2, 0.25) is 0 Å². The Balaban J connectivity index is 1.25. The number of fused-ring (bicyclic) bond motifs is 3. The highest BCUT2D eigenvalue weighted by molar-refractivity contribution is 6.17. The number of piperidine rings is 1. The summed E-state index contributed by atoms with van der Waals surface area (Å²) in [5, 5.41) is 2.98. The van der Waals surface area contributed by atoms with Gasteiger partial charge < -0.3 is 19.1 Å². The maximum Gasteiger partial charge on any atom is 0.256 e. The van der Waals surface area contributed by atoms with Crippen molar-refractivity contribution in [3.8, 4) is 0 Å². The summed E-state index contributed by atoms with van der Waals surface area (Å²) in [6, 6.07) is 4.61. The molecular formula is C23H29N5O3. The van der Waals surface area contributed by atoms with Crippen molar-refractivity contribution in [2.75, 3.05) is 19.6 Å². The highest BCUT2D eigenvalue weighted by Gasteiger charge is 2.33. The molecule has 0 radical (unpaired) electrons. The molecule has 2 aromatic rings. The SMILES string of the molecule is CC[C@H]1CCCCN1Cc1ccc(CNC(=O)c2c(C)oc3c2C2=NCCN2C=N3)o1. The van der Waals surface area contributed by atoms with Crippen LogP contribution in [0.1, 0.15) is 65.8 Å². The number of carbonyl (C=O) groups is 1. The van der Waals surface area contributed by atoms with Crippen LogP contribution in [-0.2, 0) is 13.1 Å². The van der Waals surface area contributed by atoms with Gasteiger partial charge in [0.1, 0.15) is 29.5 Å². The quantitative estimate of drug-likeness (QED) is 0.767. The summed E-state index contributed by atoms with van der Waals surface area (Å²) in [6.07, 6.45) is 6.72. The molecule has 31 heavy (non-hydrogen) atoms. The van der Waals surface area contributed by atoms with E-state index in [9.17, 15) is 4.79 Å². The molecule has 2 aromatic heterocycles. The van der Waals surface area contributed by atoms with Gasteiger partial charge in [-0.1, -0.05) is 13.3 Å². The van der Waals surface area contributed by atoms with E-state index in [2.05, 4.69) is 27.1 Å². The van der Waals surface area contributed by atoms with Crippen LogP contribution in [-0.4, -0.2) is 53.6 Å². The summed E-state index contributed by atoms with van der Waals surface area (Å²) >= 11 is 0. The smallest absolute Gasteiger partial charge is 0.256 e. The van der Waals surface area contributed by atoms with Gasteiger partial charge in [0.05, 0.1) is 30.8 Å². The van der Waals surface area contributed by atoms with E-state index in [1.165, 1.54) is 25.7 Å². The van der Waals surface area contributed by atoms with Gasteiger partial charge >= 0.3 is 0 Å². The van der Waals surface area contributed by atoms with Crippen LogP contribution in [0.4, 0.5) is 5.88 Å². The fourth-order valence-corrected chi connectivity index (χ4v) is 4.81. The van der Waals surface area contributed by atoms with Gasteiger partial charge in [-0.3, -0.25) is 14.7 Å². The van der Waals surface area contributed by atoms with Gasteiger partial charge in [-0.2, -0.15) is 0 Å². The lowest BCUT2D eigenvalue weighted by Crippen LogP contribution is -2.38. The van der Waals surface area contributed by atoms with Crippen LogP contribution in [0.5, 0.6) is 0 Å². The maximum atomic E-state index is 13.0. The average molecular weight is 424 g/mol. The molecule has 1 fully saturated rings. The van der Waals surface area contributed by atoms with Crippen molar-refractivity contribution in [3.05, 3.63) is 40.5 Å². The molecule has 0 saturated carbocycles. The van der Waals surface area contributed by atoms with Crippen molar-refractivity contribution in [3.63, 3.8) is 0 Å². The van der Waals surface area contributed by atoms with E-state index in [4.69, 9.17) is 8.83 Å². The van der Waals surface area contributed by atoms with Crippen LogP contribution in [0.15, 0.2) is 31.0 Å². The van der Waals surface area contributed by atoms with Gasteiger partial charge in [-0.25, -0.2) is 4.99 Å². The summed E-state index contributed by atoms with van der Waals surface area (Å²) in [5.41, 5.74) is 1.19. The maximum absolute atomic E-state index is 13.0. The highest BCUT2D eigenvalue weighted by Crippen LogP contribution is 2.34. The van der Waals surface area contributed by atoms with Crippen LogP contribution < -0.4 is 5.32 Å². The number of rotatable bonds is 6. The lowest BCUT2D eigenvalue weighted by Gasteiger charge is -2.34. The zero-order chi connectivity index (χ0) is 21.4. The average Bonchev–Trinajstić information content (AvgIpc) is 3.50. The number of hydrogen-bond donors (Lipinski definition) is 1. The molecule has 0 aliphatic carbocycles. The van der Waals surface area contributed by atoms with E-state index in [1.807, 2.05) is 17.0 Å². The number of furan rings is 2. The number of amidine groups is 1. The molecule has 1 amide bonds. The molecule has 5 rings (SSSR count). The third kappa shape index (κ3) is 3.80. The van der Waals surface area contributed by atoms with Gasteiger partial charge in [0, 0.05) is 12.6 Å². The van der Waals surface area contributed by atoms with Crippen molar-refractivity contribution < 1.29 is 13.6 Å². The van der Waals surface area contributed by atoms with Crippen molar-refractivity contribution >= 4 is 24.0 Å². The molecule has 5 heterocycles. The van der Waals surface area contributed by atoms with Crippen molar-refractivity contribution in [2.24, 2.45) is 9.98 Å². The van der Waals surface area contributed by atoms with Gasteiger partial charge in [0.25, 0.3) is 5.91 Å². The zero-order valence-electron chi connectivity index (χ0n) is 18.2. The van der Waals surface area contributed by atoms with E-state index < -0.39 is 0 Å². The minimum absolute atomic E-state index is 0.200. The third-order valence-electron chi connectivity index (χ3n) is 6.42. The first-order valence-electron chi connectivity index (χ1n) is 11.2. The Morgan fingerprint density at radius 2 is 2.10 bits per heavy atom. The minimum Gasteiger partial charge on any atom is -0.463 e. The number of hydrogen-bond acceptors (Lipinski definition) is 7. The first kappa shape index (κ1) is 20.1. The number of nitrogens with zero attached hydrogens (tertiary/aromatic N) is 4. The van der Waals surface area contributed by atoms with E-state index >= 15 is 0 Å². The molecule has 3 aliphatic heterocycles. The normalized spacial score (nSPS) is 20.5. The molecule has 3 aliphatic rings. The molecule has 0 unspecified atom stereocenters. The zero-order valence-corrected chi connectivity index (χ0v) is 18.2. The van der Waals surface area contributed by atoms with Crippen molar-refractivity contribution in [2.45, 2.75) is 58.7 Å². The van der Waals surface area contributed by atoms with Gasteiger partial charge in [-0.15, -0.1) is 0 Å². The molecule has 8 nitrogen and oxygen atoms in total. The molecule has 1 N–H and O–H groups in total. The number of nitrogens with one attached hydrogen (secondary N) is 1. The fraction of sp³-hybridized carbons (Fsp3) is 0.522. The topological polar surface area (TPSA) is 86.6 Å². The van der Waals surface area contributed by atoms with Crippen LogP contribution in [0.3, 0.4) is 0 Å². The van der Waals surface area contributed by atoms with Crippen LogP contribution in [0.25, 0.3) is 0 Å². The summed E-state index contributed by atoms with van der Waals surface area (Å²) in [5.74, 6) is 3.26.